The van der Waals surface area contributed by atoms with Crippen LogP contribution in [-0.2, 0) is 19.6 Å². The highest BCUT2D eigenvalue weighted by Gasteiger charge is 2.32. The van der Waals surface area contributed by atoms with Gasteiger partial charge in [0.1, 0.15) is 13.2 Å². The van der Waals surface area contributed by atoms with Crippen molar-refractivity contribution in [1.82, 2.24) is 9.21 Å². The summed E-state index contributed by atoms with van der Waals surface area (Å²) in [6, 6.07) is 4.40. The van der Waals surface area contributed by atoms with E-state index in [4.69, 9.17) is 14.6 Å². The third-order valence-corrected chi connectivity index (χ3v) is 5.75. The SMILES string of the molecule is O=C(O)C(=O)N1CCN(S(=O)(=O)c2ccc3c(c2)OCCO3)CC1. The molecule has 0 saturated carbocycles. The summed E-state index contributed by atoms with van der Waals surface area (Å²) in [6.07, 6.45) is 0. The molecule has 1 amide bonds. The Hall–Kier alpha value is -2.33. The van der Waals surface area contributed by atoms with E-state index in [-0.39, 0.29) is 31.1 Å². The maximum absolute atomic E-state index is 12.7. The molecule has 0 unspecified atom stereocenters. The molecule has 0 bridgehead atoms. The van der Waals surface area contributed by atoms with Crippen LogP contribution in [0.2, 0.25) is 0 Å². The number of aliphatic carboxylic acids is 1. The van der Waals surface area contributed by atoms with Crippen molar-refractivity contribution < 1.29 is 32.6 Å². The molecule has 1 aromatic rings. The van der Waals surface area contributed by atoms with Gasteiger partial charge in [-0.3, -0.25) is 4.79 Å². The lowest BCUT2D eigenvalue weighted by atomic mass is 10.3. The molecule has 2 aliphatic rings. The number of rotatable bonds is 2. The molecule has 24 heavy (non-hydrogen) atoms. The van der Waals surface area contributed by atoms with Gasteiger partial charge in [-0.25, -0.2) is 13.2 Å². The predicted molar refractivity (Wildman–Crippen MR) is 80.4 cm³/mol. The highest BCUT2D eigenvalue weighted by molar-refractivity contribution is 7.89. The number of hydrogen-bond acceptors (Lipinski definition) is 6. The number of hydrogen-bond donors (Lipinski definition) is 1. The van der Waals surface area contributed by atoms with Gasteiger partial charge < -0.3 is 19.5 Å². The normalized spacial score (nSPS) is 18.2. The van der Waals surface area contributed by atoms with Crippen LogP contribution in [0.5, 0.6) is 11.5 Å². The number of carboxylic acids is 1. The number of carboxylic acid groups (broad SMARTS) is 1. The zero-order valence-electron chi connectivity index (χ0n) is 12.7. The van der Waals surface area contributed by atoms with Crippen molar-refractivity contribution in [3.63, 3.8) is 0 Å². The van der Waals surface area contributed by atoms with Gasteiger partial charge in [-0.1, -0.05) is 0 Å². The highest BCUT2D eigenvalue weighted by atomic mass is 32.2. The first-order chi connectivity index (χ1) is 11.4. The van der Waals surface area contributed by atoms with Crippen LogP contribution in [0.3, 0.4) is 0 Å². The largest absolute Gasteiger partial charge is 0.486 e. The fraction of sp³-hybridized carbons (Fsp3) is 0.429. The van der Waals surface area contributed by atoms with Gasteiger partial charge in [-0.15, -0.1) is 0 Å². The van der Waals surface area contributed by atoms with Crippen molar-refractivity contribution in [3.8, 4) is 11.5 Å². The van der Waals surface area contributed by atoms with Crippen LogP contribution in [0.1, 0.15) is 0 Å². The van der Waals surface area contributed by atoms with Crippen molar-refractivity contribution in [1.29, 1.82) is 0 Å². The Kier molecular flexibility index (Phi) is 4.33. The number of carbonyl (C=O) groups excluding carboxylic acids is 1. The van der Waals surface area contributed by atoms with Crippen molar-refractivity contribution in [2.45, 2.75) is 4.90 Å². The summed E-state index contributed by atoms with van der Waals surface area (Å²) >= 11 is 0. The molecule has 3 rings (SSSR count). The van der Waals surface area contributed by atoms with E-state index in [0.29, 0.717) is 24.7 Å². The summed E-state index contributed by atoms with van der Waals surface area (Å²) in [5.41, 5.74) is 0. The molecule has 9 nitrogen and oxygen atoms in total. The second-order valence-corrected chi connectivity index (χ2v) is 7.24. The summed E-state index contributed by atoms with van der Waals surface area (Å²) in [5.74, 6) is -1.69. The van der Waals surface area contributed by atoms with E-state index in [9.17, 15) is 18.0 Å². The molecule has 1 aromatic carbocycles. The monoisotopic (exact) mass is 356 g/mol. The zero-order valence-corrected chi connectivity index (χ0v) is 13.5. The topological polar surface area (TPSA) is 113 Å². The molecule has 2 aliphatic heterocycles. The predicted octanol–water partition coefficient (Wildman–Crippen LogP) is -0.625. The fourth-order valence-electron chi connectivity index (χ4n) is 2.60. The zero-order chi connectivity index (χ0) is 17.3. The smallest absolute Gasteiger partial charge is 0.394 e. The average molecular weight is 356 g/mol. The van der Waals surface area contributed by atoms with E-state index < -0.39 is 21.9 Å². The Morgan fingerprint density at radius 2 is 1.62 bits per heavy atom. The second kappa shape index (κ2) is 6.29. The minimum absolute atomic E-state index is 0.0366. The van der Waals surface area contributed by atoms with Gasteiger partial charge in [0.05, 0.1) is 4.90 Å². The number of carbonyl (C=O) groups is 2. The molecule has 0 atom stereocenters. The number of fused-ring (bicyclic) bond motifs is 1. The van der Waals surface area contributed by atoms with Crippen LogP contribution >= 0.6 is 0 Å². The van der Waals surface area contributed by atoms with Gasteiger partial charge in [0.2, 0.25) is 10.0 Å². The third kappa shape index (κ3) is 3.02. The van der Waals surface area contributed by atoms with E-state index in [2.05, 4.69) is 0 Å². The van der Waals surface area contributed by atoms with E-state index in [1.54, 1.807) is 6.07 Å². The first-order valence-electron chi connectivity index (χ1n) is 7.31. The molecule has 1 N–H and O–H groups in total. The summed E-state index contributed by atoms with van der Waals surface area (Å²) < 4.78 is 37.4. The van der Waals surface area contributed by atoms with Gasteiger partial charge in [0.15, 0.2) is 11.5 Å². The summed E-state index contributed by atoms with van der Waals surface area (Å²) in [5, 5.41) is 8.70. The lowest BCUT2D eigenvalue weighted by Gasteiger charge is -2.33. The molecule has 2 heterocycles. The van der Waals surface area contributed by atoms with Crippen LogP contribution in [0.15, 0.2) is 23.1 Å². The Morgan fingerprint density at radius 1 is 1.00 bits per heavy atom. The maximum Gasteiger partial charge on any atom is 0.394 e. The number of ether oxygens (including phenoxy) is 2. The first kappa shape index (κ1) is 16.5. The molecule has 1 saturated heterocycles. The van der Waals surface area contributed by atoms with E-state index in [0.717, 1.165) is 4.90 Å². The molecule has 0 radical (unpaired) electrons. The Morgan fingerprint density at radius 3 is 2.25 bits per heavy atom. The van der Waals surface area contributed by atoms with Crippen LogP contribution < -0.4 is 9.47 Å². The summed E-state index contributed by atoms with van der Waals surface area (Å²) in [6.45, 7) is 0.917. The molecule has 0 spiro atoms. The van der Waals surface area contributed by atoms with E-state index in [1.165, 1.54) is 16.4 Å². The van der Waals surface area contributed by atoms with Gasteiger partial charge >= 0.3 is 11.9 Å². The van der Waals surface area contributed by atoms with Gasteiger partial charge in [-0.05, 0) is 12.1 Å². The molecular weight excluding hydrogens is 340 g/mol. The summed E-state index contributed by atoms with van der Waals surface area (Å²) in [4.78, 5) is 23.3. The van der Waals surface area contributed by atoms with Crippen LogP contribution in [0.4, 0.5) is 0 Å². The fourth-order valence-corrected chi connectivity index (χ4v) is 4.04. The number of piperazine rings is 1. The summed E-state index contributed by atoms with van der Waals surface area (Å²) in [7, 11) is -3.75. The van der Waals surface area contributed by atoms with Crippen molar-refractivity contribution in [2.75, 3.05) is 39.4 Å². The molecule has 130 valence electrons. The number of amides is 1. The van der Waals surface area contributed by atoms with Gasteiger partial charge in [0.25, 0.3) is 0 Å². The molecule has 0 aromatic heterocycles. The van der Waals surface area contributed by atoms with Crippen LogP contribution in [0.25, 0.3) is 0 Å². The van der Waals surface area contributed by atoms with Crippen LogP contribution in [0, 0.1) is 0 Å². The van der Waals surface area contributed by atoms with Gasteiger partial charge in [-0.2, -0.15) is 4.31 Å². The lowest BCUT2D eigenvalue weighted by Crippen LogP contribution is -2.52. The Bertz CT molecular complexity index is 769. The van der Waals surface area contributed by atoms with E-state index >= 15 is 0 Å². The van der Waals surface area contributed by atoms with Crippen molar-refractivity contribution in [2.24, 2.45) is 0 Å². The minimum atomic E-state index is -3.75. The highest BCUT2D eigenvalue weighted by Crippen LogP contribution is 2.33. The van der Waals surface area contributed by atoms with Crippen molar-refractivity contribution in [3.05, 3.63) is 18.2 Å². The number of benzene rings is 1. The molecule has 0 aliphatic carbocycles. The van der Waals surface area contributed by atoms with Gasteiger partial charge in [0, 0.05) is 32.2 Å². The third-order valence-electron chi connectivity index (χ3n) is 3.86. The molecule has 10 heteroatoms. The van der Waals surface area contributed by atoms with E-state index in [1.807, 2.05) is 0 Å². The van der Waals surface area contributed by atoms with Crippen LogP contribution in [-0.4, -0.2) is 74.0 Å². The number of nitrogens with zero attached hydrogens (tertiary/aromatic N) is 2. The minimum Gasteiger partial charge on any atom is -0.486 e. The molecular formula is C14H16N2O7S. The quantitative estimate of drug-likeness (QED) is 0.702. The number of sulfonamides is 1. The Balaban J connectivity index is 1.75. The first-order valence-corrected chi connectivity index (χ1v) is 8.75. The average Bonchev–Trinajstić information content (AvgIpc) is 2.60. The second-order valence-electron chi connectivity index (χ2n) is 5.31. The van der Waals surface area contributed by atoms with Crippen molar-refractivity contribution >= 4 is 21.9 Å². The lowest BCUT2D eigenvalue weighted by molar-refractivity contribution is -0.156. The Labute approximate surface area is 138 Å². The standard InChI is InChI=1S/C14H16N2O7S/c17-13(14(18)19)15-3-5-16(6-4-15)24(20,21)10-1-2-11-12(9-10)23-8-7-22-11/h1-2,9H,3-8H2,(H,18,19). The molecule has 1 fully saturated rings. The maximum atomic E-state index is 12.7.